The monoisotopic (exact) mass is 437 g/mol. The highest BCUT2D eigenvalue weighted by atomic mass is 35.5. The van der Waals surface area contributed by atoms with E-state index in [1.807, 2.05) is 11.8 Å². The van der Waals surface area contributed by atoms with E-state index in [4.69, 9.17) is 16.3 Å². The molecule has 0 radical (unpaired) electrons. The first kappa shape index (κ1) is 21.6. The van der Waals surface area contributed by atoms with Crippen LogP contribution in [0.5, 0.6) is 5.75 Å². The van der Waals surface area contributed by atoms with Crippen LogP contribution in [0.2, 0.25) is 5.02 Å². The minimum atomic E-state index is -3.60. The van der Waals surface area contributed by atoms with Gasteiger partial charge >= 0.3 is 0 Å². The summed E-state index contributed by atoms with van der Waals surface area (Å²) in [7, 11) is -2.01. The van der Waals surface area contributed by atoms with E-state index in [0.717, 1.165) is 0 Å². The Kier molecular flexibility index (Phi) is 6.79. The molecule has 7 nitrogen and oxygen atoms in total. The average Bonchev–Trinajstić information content (AvgIpc) is 2.74. The van der Waals surface area contributed by atoms with Crippen LogP contribution in [0.4, 0.5) is 5.69 Å². The first-order chi connectivity index (χ1) is 13.8. The second-order valence-electron chi connectivity index (χ2n) is 6.79. The number of hydrogen-bond donors (Lipinski definition) is 1. The highest BCUT2D eigenvalue weighted by Crippen LogP contribution is 2.22. The van der Waals surface area contributed by atoms with Crippen molar-refractivity contribution in [2.75, 3.05) is 38.6 Å². The molecule has 3 rings (SSSR count). The van der Waals surface area contributed by atoms with Crippen LogP contribution >= 0.6 is 11.6 Å². The molecule has 29 heavy (non-hydrogen) atoms. The first-order valence-electron chi connectivity index (χ1n) is 9.26. The molecule has 0 saturated carbocycles. The molecule has 1 N–H and O–H groups in total. The fraction of sp³-hybridized carbons (Fsp3) is 0.350. The van der Waals surface area contributed by atoms with Gasteiger partial charge in [0.15, 0.2) is 0 Å². The number of amides is 1. The topological polar surface area (TPSA) is 79.0 Å². The summed E-state index contributed by atoms with van der Waals surface area (Å²) in [6.07, 6.45) is 0. The Balaban J connectivity index is 1.58. The molecule has 2 aromatic rings. The Labute approximate surface area is 176 Å². The molecule has 1 heterocycles. The van der Waals surface area contributed by atoms with Gasteiger partial charge in [0.25, 0.3) is 0 Å². The SMILES string of the molecule is COc1ccc(NC(=O)C(C)N2CCN(S(=O)(=O)c3cccc(Cl)c3)CC2)cc1. The maximum absolute atomic E-state index is 12.8. The minimum Gasteiger partial charge on any atom is -0.497 e. The summed E-state index contributed by atoms with van der Waals surface area (Å²) in [6.45, 7) is 3.39. The minimum absolute atomic E-state index is 0.138. The molecule has 1 amide bonds. The molecule has 2 aromatic carbocycles. The van der Waals surface area contributed by atoms with Crippen molar-refractivity contribution in [2.24, 2.45) is 0 Å². The Morgan fingerprint density at radius 2 is 1.76 bits per heavy atom. The Morgan fingerprint density at radius 3 is 2.34 bits per heavy atom. The fourth-order valence-electron chi connectivity index (χ4n) is 3.19. The molecular formula is C20H24ClN3O4S. The van der Waals surface area contributed by atoms with E-state index in [2.05, 4.69) is 5.32 Å². The number of rotatable bonds is 6. The average molecular weight is 438 g/mol. The standard InChI is InChI=1S/C20H24ClN3O4S/c1-15(20(25)22-17-6-8-18(28-2)9-7-17)23-10-12-24(13-11-23)29(26,27)19-5-3-4-16(21)14-19/h3-9,14-15H,10-13H2,1-2H3,(H,22,25). The molecule has 9 heteroatoms. The second kappa shape index (κ2) is 9.13. The van der Waals surface area contributed by atoms with E-state index < -0.39 is 10.0 Å². The van der Waals surface area contributed by atoms with Gasteiger partial charge in [-0.1, -0.05) is 17.7 Å². The third-order valence-electron chi connectivity index (χ3n) is 4.99. The predicted octanol–water partition coefficient (Wildman–Crippen LogP) is 2.68. The molecule has 1 aliphatic heterocycles. The van der Waals surface area contributed by atoms with Crippen molar-refractivity contribution in [1.82, 2.24) is 9.21 Å². The molecule has 1 unspecified atom stereocenters. The number of carbonyl (C=O) groups is 1. The second-order valence-corrected chi connectivity index (χ2v) is 9.17. The number of halogens is 1. The molecule has 0 aliphatic carbocycles. The van der Waals surface area contributed by atoms with Crippen LogP contribution < -0.4 is 10.1 Å². The quantitative estimate of drug-likeness (QED) is 0.751. The van der Waals surface area contributed by atoms with E-state index in [9.17, 15) is 13.2 Å². The Bertz CT molecular complexity index is 958. The Hall–Kier alpha value is -2.13. The molecule has 1 fully saturated rings. The Morgan fingerprint density at radius 1 is 1.10 bits per heavy atom. The van der Waals surface area contributed by atoms with Crippen LogP contribution in [0.25, 0.3) is 0 Å². The first-order valence-corrected chi connectivity index (χ1v) is 11.1. The highest BCUT2D eigenvalue weighted by molar-refractivity contribution is 7.89. The smallest absolute Gasteiger partial charge is 0.243 e. The summed E-state index contributed by atoms with van der Waals surface area (Å²) < 4.78 is 32.1. The van der Waals surface area contributed by atoms with Crippen LogP contribution in [0.15, 0.2) is 53.4 Å². The van der Waals surface area contributed by atoms with Crippen LogP contribution in [-0.4, -0.2) is 62.9 Å². The molecule has 0 bridgehead atoms. The summed E-state index contributed by atoms with van der Waals surface area (Å²) in [5.74, 6) is 0.578. The van der Waals surface area contributed by atoms with E-state index >= 15 is 0 Å². The molecule has 1 saturated heterocycles. The van der Waals surface area contributed by atoms with Gasteiger partial charge in [0, 0.05) is 36.9 Å². The largest absolute Gasteiger partial charge is 0.497 e. The fourth-order valence-corrected chi connectivity index (χ4v) is 4.92. The van der Waals surface area contributed by atoms with Gasteiger partial charge in [0.05, 0.1) is 18.0 Å². The summed E-state index contributed by atoms with van der Waals surface area (Å²) >= 11 is 5.93. The summed E-state index contributed by atoms with van der Waals surface area (Å²) in [4.78, 5) is 14.7. The molecule has 156 valence electrons. The number of nitrogens with zero attached hydrogens (tertiary/aromatic N) is 2. The zero-order chi connectivity index (χ0) is 21.0. The zero-order valence-corrected chi connectivity index (χ0v) is 17.9. The molecule has 1 atom stereocenters. The molecule has 1 aliphatic rings. The number of carbonyl (C=O) groups excluding carboxylic acids is 1. The van der Waals surface area contributed by atoms with Crippen molar-refractivity contribution in [3.8, 4) is 5.75 Å². The maximum Gasteiger partial charge on any atom is 0.243 e. The lowest BCUT2D eigenvalue weighted by molar-refractivity contribution is -0.121. The van der Waals surface area contributed by atoms with E-state index in [-0.39, 0.29) is 16.8 Å². The number of anilines is 1. The number of sulfonamides is 1. The lowest BCUT2D eigenvalue weighted by atomic mass is 10.2. The maximum atomic E-state index is 12.8. The van der Waals surface area contributed by atoms with Gasteiger partial charge in [-0.05, 0) is 49.4 Å². The van der Waals surface area contributed by atoms with Gasteiger partial charge in [-0.3, -0.25) is 9.69 Å². The summed E-state index contributed by atoms with van der Waals surface area (Å²) in [6, 6.07) is 13.0. The zero-order valence-electron chi connectivity index (χ0n) is 16.3. The van der Waals surface area contributed by atoms with Gasteiger partial charge in [-0.2, -0.15) is 4.31 Å². The summed E-state index contributed by atoms with van der Waals surface area (Å²) in [5, 5.41) is 3.26. The van der Waals surface area contributed by atoms with E-state index in [0.29, 0.717) is 42.6 Å². The van der Waals surface area contributed by atoms with Crippen LogP contribution in [0.1, 0.15) is 6.92 Å². The molecule has 0 aromatic heterocycles. The van der Waals surface area contributed by atoms with Gasteiger partial charge in [-0.25, -0.2) is 8.42 Å². The lowest BCUT2D eigenvalue weighted by Crippen LogP contribution is -2.53. The van der Waals surface area contributed by atoms with Crippen molar-refractivity contribution >= 4 is 33.2 Å². The normalized spacial score (nSPS) is 16.9. The lowest BCUT2D eigenvalue weighted by Gasteiger charge is -2.36. The third kappa shape index (κ3) is 5.08. The van der Waals surface area contributed by atoms with Gasteiger partial charge in [0.1, 0.15) is 5.75 Å². The van der Waals surface area contributed by atoms with Gasteiger partial charge < -0.3 is 10.1 Å². The number of ether oxygens (including phenoxy) is 1. The predicted molar refractivity (Wildman–Crippen MR) is 113 cm³/mol. The van der Waals surface area contributed by atoms with Gasteiger partial charge in [-0.15, -0.1) is 0 Å². The third-order valence-corrected chi connectivity index (χ3v) is 7.12. The van der Waals surface area contributed by atoms with E-state index in [1.165, 1.54) is 10.4 Å². The number of hydrogen-bond acceptors (Lipinski definition) is 5. The van der Waals surface area contributed by atoms with Crippen LogP contribution in [0, 0.1) is 0 Å². The van der Waals surface area contributed by atoms with Crippen molar-refractivity contribution in [3.05, 3.63) is 53.6 Å². The number of nitrogens with one attached hydrogen (secondary N) is 1. The molecule has 0 spiro atoms. The van der Waals surface area contributed by atoms with Crippen molar-refractivity contribution in [3.63, 3.8) is 0 Å². The van der Waals surface area contributed by atoms with Crippen molar-refractivity contribution < 1.29 is 17.9 Å². The van der Waals surface area contributed by atoms with Crippen LogP contribution in [0.3, 0.4) is 0 Å². The number of benzene rings is 2. The molecular weight excluding hydrogens is 414 g/mol. The summed E-state index contributed by atoms with van der Waals surface area (Å²) in [5.41, 5.74) is 0.685. The van der Waals surface area contributed by atoms with E-state index in [1.54, 1.807) is 49.6 Å². The van der Waals surface area contributed by atoms with Crippen molar-refractivity contribution in [2.45, 2.75) is 17.9 Å². The number of methoxy groups -OCH3 is 1. The van der Waals surface area contributed by atoms with Crippen molar-refractivity contribution in [1.29, 1.82) is 0 Å². The van der Waals surface area contributed by atoms with Gasteiger partial charge in [0.2, 0.25) is 15.9 Å². The van der Waals surface area contributed by atoms with Crippen LogP contribution in [-0.2, 0) is 14.8 Å². The number of piperazine rings is 1. The highest BCUT2D eigenvalue weighted by Gasteiger charge is 2.31.